The zero-order valence-corrected chi connectivity index (χ0v) is 11.2. The summed E-state index contributed by atoms with van der Waals surface area (Å²) in [7, 11) is 0. The number of rotatable bonds is 3. The van der Waals surface area contributed by atoms with E-state index in [0.717, 1.165) is 31.7 Å². The first-order valence-electron chi connectivity index (χ1n) is 6.90. The van der Waals surface area contributed by atoms with Crippen molar-refractivity contribution in [1.29, 1.82) is 0 Å². The molecule has 0 spiro atoms. The number of nitrogens with two attached hydrogens (primary N) is 1. The summed E-state index contributed by atoms with van der Waals surface area (Å²) in [5.74, 6) is 0.596. The molecule has 0 aliphatic carbocycles. The van der Waals surface area contributed by atoms with Gasteiger partial charge in [-0.3, -0.25) is 14.6 Å². The van der Waals surface area contributed by atoms with Crippen molar-refractivity contribution in [3.05, 3.63) is 24.0 Å². The minimum atomic E-state index is -0.450. The van der Waals surface area contributed by atoms with Gasteiger partial charge in [0.2, 0.25) is 5.91 Å². The van der Waals surface area contributed by atoms with E-state index in [4.69, 9.17) is 5.73 Å². The maximum atomic E-state index is 11.5. The highest BCUT2D eigenvalue weighted by atomic mass is 16.2. The number of amides is 2. The highest BCUT2D eigenvalue weighted by Crippen LogP contribution is 2.32. The summed E-state index contributed by atoms with van der Waals surface area (Å²) in [6.07, 6.45) is 4.86. The first-order chi connectivity index (χ1) is 9.65. The molecule has 2 fully saturated rings. The van der Waals surface area contributed by atoms with Gasteiger partial charge in [0.05, 0.1) is 11.3 Å². The van der Waals surface area contributed by atoms with Crippen LogP contribution in [-0.4, -0.2) is 36.4 Å². The van der Waals surface area contributed by atoms with Crippen molar-refractivity contribution in [2.45, 2.75) is 12.8 Å². The van der Waals surface area contributed by atoms with Gasteiger partial charge < -0.3 is 16.0 Å². The summed E-state index contributed by atoms with van der Waals surface area (Å²) in [5, 5.41) is 2.89. The average Bonchev–Trinajstić information content (AvgIpc) is 3.07. The van der Waals surface area contributed by atoms with Crippen LogP contribution in [0.3, 0.4) is 0 Å². The lowest BCUT2D eigenvalue weighted by atomic mass is 9.91. The zero-order chi connectivity index (χ0) is 14.1. The van der Waals surface area contributed by atoms with Crippen LogP contribution in [0.2, 0.25) is 0 Å². The fourth-order valence-electron chi connectivity index (χ4n) is 3.20. The molecule has 2 saturated heterocycles. The number of aromatic nitrogens is 1. The van der Waals surface area contributed by atoms with E-state index in [0.29, 0.717) is 23.8 Å². The molecular weight excluding hydrogens is 256 g/mol. The van der Waals surface area contributed by atoms with Crippen molar-refractivity contribution in [2.24, 2.45) is 17.6 Å². The molecule has 106 valence electrons. The fraction of sp³-hybridized carbons (Fsp3) is 0.500. The van der Waals surface area contributed by atoms with Crippen molar-refractivity contribution in [3.63, 3.8) is 0 Å². The predicted molar refractivity (Wildman–Crippen MR) is 74.2 cm³/mol. The van der Waals surface area contributed by atoms with Crippen LogP contribution in [-0.2, 0) is 4.79 Å². The molecule has 3 rings (SSSR count). The third kappa shape index (κ3) is 2.33. The lowest BCUT2D eigenvalue weighted by Gasteiger charge is -2.22. The molecule has 20 heavy (non-hydrogen) atoms. The summed E-state index contributed by atoms with van der Waals surface area (Å²) in [5.41, 5.74) is 6.72. The van der Waals surface area contributed by atoms with Gasteiger partial charge in [-0.15, -0.1) is 0 Å². The van der Waals surface area contributed by atoms with Crippen LogP contribution in [0, 0.1) is 11.8 Å². The van der Waals surface area contributed by atoms with Crippen LogP contribution >= 0.6 is 0 Å². The number of carbonyl (C=O) groups is 2. The number of anilines is 1. The van der Waals surface area contributed by atoms with E-state index in [2.05, 4.69) is 15.2 Å². The standard InChI is InChI=1S/C14H18N4O2/c15-14(20)11-7-16-3-1-12(11)18-4-2-9(8-18)10-5-13(19)17-6-10/h1,3,7,9-10H,2,4-6,8H2,(H2,15,20)(H,17,19). The first-order valence-corrected chi connectivity index (χ1v) is 6.90. The average molecular weight is 274 g/mol. The third-order valence-electron chi connectivity index (χ3n) is 4.30. The molecule has 3 N–H and O–H groups in total. The van der Waals surface area contributed by atoms with Crippen molar-refractivity contribution >= 4 is 17.5 Å². The van der Waals surface area contributed by atoms with Crippen molar-refractivity contribution in [3.8, 4) is 0 Å². The predicted octanol–water partition coefficient (Wildman–Crippen LogP) is 0.143. The van der Waals surface area contributed by atoms with Crippen LogP contribution in [0.5, 0.6) is 0 Å². The van der Waals surface area contributed by atoms with Crippen molar-refractivity contribution in [1.82, 2.24) is 10.3 Å². The Hall–Kier alpha value is -2.11. The molecule has 3 heterocycles. The van der Waals surface area contributed by atoms with E-state index >= 15 is 0 Å². The second kappa shape index (κ2) is 5.11. The second-order valence-corrected chi connectivity index (χ2v) is 5.52. The largest absolute Gasteiger partial charge is 0.370 e. The Morgan fingerprint density at radius 3 is 3.00 bits per heavy atom. The molecule has 2 aliphatic rings. The number of hydrogen-bond donors (Lipinski definition) is 2. The molecule has 2 atom stereocenters. The zero-order valence-electron chi connectivity index (χ0n) is 11.2. The van der Waals surface area contributed by atoms with E-state index in [1.807, 2.05) is 6.07 Å². The van der Waals surface area contributed by atoms with Crippen LogP contribution in [0.1, 0.15) is 23.2 Å². The maximum absolute atomic E-state index is 11.5. The summed E-state index contributed by atoms with van der Waals surface area (Å²) in [6.45, 7) is 2.53. The Bertz CT molecular complexity index is 546. The van der Waals surface area contributed by atoms with E-state index in [-0.39, 0.29) is 5.91 Å². The minimum Gasteiger partial charge on any atom is -0.370 e. The molecule has 0 radical (unpaired) electrons. The quantitative estimate of drug-likeness (QED) is 0.821. The summed E-state index contributed by atoms with van der Waals surface area (Å²) in [4.78, 5) is 28.9. The molecule has 1 aromatic heterocycles. The smallest absolute Gasteiger partial charge is 0.252 e. The maximum Gasteiger partial charge on any atom is 0.252 e. The molecular formula is C14H18N4O2. The first kappa shape index (κ1) is 12.9. The minimum absolute atomic E-state index is 0.148. The highest BCUT2D eigenvalue weighted by molar-refractivity contribution is 5.98. The lowest BCUT2D eigenvalue weighted by Crippen LogP contribution is -2.26. The highest BCUT2D eigenvalue weighted by Gasteiger charge is 2.34. The monoisotopic (exact) mass is 274 g/mol. The van der Waals surface area contributed by atoms with Crippen LogP contribution in [0.15, 0.2) is 18.5 Å². The van der Waals surface area contributed by atoms with Gasteiger partial charge in [0.25, 0.3) is 5.91 Å². The fourth-order valence-corrected chi connectivity index (χ4v) is 3.20. The second-order valence-electron chi connectivity index (χ2n) is 5.52. The molecule has 0 aromatic carbocycles. The molecule has 2 amide bonds. The Balaban J connectivity index is 1.74. The van der Waals surface area contributed by atoms with E-state index in [1.54, 1.807) is 6.20 Å². The van der Waals surface area contributed by atoms with Gasteiger partial charge in [0.15, 0.2) is 0 Å². The van der Waals surface area contributed by atoms with E-state index < -0.39 is 5.91 Å². The van der Waals surface area contributed by atoms with Crippen LogP contribution < -0.4 is 16.0 Å². The molecule has 6 nitrogen and oxygen atoms in total. The van der Waals surface area contributed by atoms with E-state index in [1.165, 1.54) is 6.20 Å². The van der Waals surface area contributed by atoms with Crippen molar-refractivity contribution in [2.75, 3.05) is 24.5 Å². The summed E-state index contributed by atoms with van der Waals surface area (Å²) in [6, 6.07) is 1.83. The number of carbonyl (C=O) groups excluding carboxylic acids is 2. The van der Waals surface area contributed by atoms with Gasteiger partial charge in [-0.05, 0) is 24.3 Å². The van der Waals surface area contributed by atoms with Gasteiger partial charge in [-0.25, -0.2) is 0 Å². The lowest BCUT2D eigenvalue weighted by molar-refractivity contribution is -0.119. The van der Waals surface area contributed by atoms with Gasteiger partial charge in [-0.2, -0.15) is 0 Å². The Kier molecular flexibility index (Phi) is 3.30. The number of primary amides is 1. The van der Waals surface area contributed by atoms with Gasteiger partial charge in [-0.1, -0.05) is 0 Å². The van der Waals surface area contributed by atoms with Crippen molar-refractivity contribution < 1.29 is 9.59 Å². The van der Waals surface area contributed by atoms with Crippen LogP contribution in [0.4, 0.5) is 5.69 Å². The normalized spacial score (nSPS) is 25.8. The number of pyridine rings is 1. The molecule has 0 saturated carbocycles. The third-order valence-corrected chi connectivity index (χ3v) is 4.30. The van der Waals surface area contributed by atoms with Gasteiger partial charge >= 0.3 is 0 Å². The topological polar surface area (TPSA) is 88.3 Å². The SMILES string of the molecule is NC(=O)c1cnccc1N1CCC(C2CNC(=O)C2)C1. The van der Waals surface area contributed by atoms with Crippen LogP contribution in [0.25, 0.3) is 0 Å². The molecule has 2 aliphatic heterocycles. The van der Waals surface area contributed by atoms with E-state index in [9.17, 15) is 9.59 Å². The number of hydrogen-bond acceptors (Lipinski definition) is 4. The molecule has 2 unspecified atom stereocenters. The Morgan fingerprint density at radius 1 is 1.45 bits per heavy atom. The summed E-state index contributed by atoms with van der Waals surface area (Å²) >= 11 is 0. The summed E-state index contributed by atoms with van der Waals surface area (Å²) < 4.78 is 0. The number of nitrogens with zero attached hydrogens (tertiary/aromatic N) is 2. The molecule has 1 aromatic rings. The van der Waals surface area contributed by atoms with Gasteiger partial charge in [0.1, 0.15) is 0 Å². The molecule has 6 heteroatoms. The van der Waals surface area contributed by atoms with Gasteiger partial charge in [0, 0.05) is 38.4 Å². The Morgan fingerprint density at radius 2 is 2.30 bits per heavy atom. The Labute approximate surface area is 117 Å². The number of nitrogens with one attached hydrogen (secondary N) is 1. The molecule has 0 bridgehead atoms.